The normalized spacial score (nSPS) is 11.8. The van der Waals surface area contributed by atoms with E-state index in [4.69, 9.17) is 9.79 Å². The van der Waals surface area contributed by atoms with E-state index in [1.54, 1.807) is 0 Å². The third kappa shape index (κ3) is 1.80. The predicted octanol–water partition coefficient (Wildman–Crippen LogP) is -1.28. The maximum atomic E-state index is 8.96. The number of H-pyrrole nitrogens is 1. The van der Waals surface area contributed by atoms with Gasteiger partial charge in [-0.3, -0.25) is 0 Å². The number of nitrogens with zero attached hydrogens (tertiary/aromatic N) is 2. The zero-order valence-electron chi connectivity index (χ0n) is 4.22. The van der Waals surface area contributed by atoms with Crippen LogP contribution in [0.1, 0.15) is 0 Å². The fourth-order valence-corrected chi connectivity index (χ4v) is 1.67. The second-order valence-electron chi connectivity index (χ2n) is 1.37. The Morgan fingerprint density at radius 2 is 2.33 bits per heavy atom. The van der Waals surface area contributed by atoms with Crippen molar-refractivity contribution in [1.29, 1.82) is 0 Å². The SMILES string of the molecule is O[P](O)(=[W])c1cn[nH]n1. The molecule has 0 radical (unpaired) electrons. The summed E-state index contributed by atoms with van der Waals surface area (Å²) < 4.78 is 0. The summed E-state index contributed by atoms with van der Waals surface area (Å²) in [5.74, 6) is 0. The first-order valence-corrected chi connectivity index (χ1v) is 7.57. The van der Waals surface area contributed by atoms with Crippen molar-refractivity contribution < 1.29 is 28.6 Å². The molecule has 0 aromatic carbocycles. The van der Waals surface area contributed by atoms with Crippen LogP contribution in [0, 0.1) is 0 Å². The second kappa shape index (κ2) is 2.43. The molecule has 9 heavy (non-hydrogen) atoms. The van der Waals surface area contributed by atoms with E-state index in [1.807, 2.05) is 0 Å². The van der Waals surface area contributed by atoms with Gasteiger partial charge in [-0.2, -0.15) is 0 Å². The average molecular weight is 317 g/mol. The van der Waals surface area contributed by atoms with Crippen molar-refractivity contribution in [2.75, 3.05) is 0 Å². The Kier molecular flexibility index (Phi) is 1.96. The van der Waals surface area contributed by atoms with Crippen LogP contribution in [0.15, 0.2) is 6.20 Å². The fraction of sp³-hybridized carbons (Fsp3) is 0. The molecule has 0 aliphatic rings. The molecule has 3 N–H and O–H groups in total. The van der Waals surface area contributed by atoms with Gasteiger partial charge in [-0.1, -0.05) is 0 Å². The van der Waals surface area contributed by atoms with E-state index in [-0.39, 0.29) is 5.44 Å². The number of hydrogen-bond donors (Lipinski definition) is 3. The van der Waals surface area contributed by atoms with Gasteiger partial charge in [0.15, 0.2) is 0 Å². The van der Waals surface area contributed by atoms with Crippen LogP contribution in [0.5, 0.6) is 0 Å². The Hall–Kier alpha value is 0.178. The Morgan fingerprint density at radius 3 is 2.56 bits per heavy atom. The molecule has 1 aromatic heterocycles. The van der Waals surface area contributed by atoms with Gasteiger partial charge in [-0.15, -0.1) is 0 Å². The molecule has 0 saturated heterocycles. The third-order valence-electron chi connectivity index (χ3n) is 0.701. The van der Waals surface area contributed by atoms with Gasteiger partial charge in [0.1, 0.15) is 0 Å². The Bertz CT molecular complexity index is 228. The van der Waals surface area contributed by atoms with Crippen LogP contribution in [0.2, 0.25) is 0 Å². The van der Waals surface area contributed by atoms with Gasteiger partial charge in [0.2, 0.25) is 0 Å². The molecule has 7 heteroatoms. The van der Waals surface area contributed by atoms with Crippen molar-refractivity contribution in [3.8, 4) is 0 Å². The quantitative estimate of drug-likeness (QED) is 0.564. The molecule has 1 heterocycles. The van der Waals surface area contributed by atoms with Gasteiger partial charge in [0, 0.05) is 0 Å². The van der Waals surface area contributed by atoms with Crippen LogP contribution in [0.3, 0.4) is 0 Å². The fourth-order valence-electron chi connectivity index (χ4n) is 0.336. The van der Waals surface area contributed by atoms with Gasteiger partial charge >= 0.3 is 61.0 Å². The first-order valence-electron chi connectivity index (χ1n) is 2.02. The molecule has 1 aromatic rings. The summed E-state index contributed by atoms with van der Waals surface area (Å²) in [7, 11) is 0. The summed E-state index contributed by atoms with van der Waals surface area (Å²) in [5, 5.41) is 6.41. The van der Waals surface area contributed by atoms with Crippen molar-refractivity contribution >= 4 is 10.8 Å². The standard InChI is InChI=1S/C2H4N3O2P.W/c6-8(7)2-1-3-5-4-2;/h1,6-7H,(H,3,4,5);. The van der Waals surface area contributed by atoms with Crippen molar-refractivity contribution in [1.82, 2.24) is 15.4 Å². The number of hydrogen-bond acceptors (Lipinski definition) is 4. The molecule has 0 aliphatic carbocycles. The van der Waals surface area contributed by atoms with Crippen molar-refractivity contribution in [3.63, 3.8) is 0 Å². The first kappa shape index (κ1) is 7.29. The molecule has 0 spiro atoms. The van der Waals surface area contributed by atoms with E-state index in [0.29, 0.717) is 0 Å². The van der Waals surface area contributed by atoms with Crippen molar-refractivity contribution in [2.24, 2.45) is 0 Å². The maximum absolute atomic E-state index is 8.96. The molecule has 0 amide bonds. The molecular formula is C2H4N3O2PW. The Morgan fingerprint density at radius 1 is 1.67 bits per heavy atom. The molecule has 1 rings (SSSR count). The summed E-state index contributed by atoms with van der Waals surface area (Å²) in [6.45, 7) is 0. The molecule has 0 atom stereocenters. The number of aromatic amines is 1. The average Bonchev–Trinajstić information content (AvgIpc) is 2.08. The van der Waals surface area contributed by atoms with E-state index < -0.39 is 5.35 Å². The molecule has 0 aliphatic heterocycles. The molecule has 0 saturated carbocycles. The summed E-state index contributed by atoms with van der Waals surface area (Å²) in [4.78, 5) is 17.9. The van der Waals surface area contributed by atoms with Crippen LogP contribution >= 0.6 is 5.35 Å². The molecule has 0 fully saturated rings. The van der Waals surface area contributed by atoms with E-state index in [0.717, 1.165) is 18.8 Å². The van der Waals surface area contributed by atoms with Gasteiger partial charge < -0.3 is 0 Å². The van der Waals surface area contributed by atoms with Crippen LogP contribution in [-0.4, -0.2) is 25.2 Å². The van der Waals surface area contributed by atoms with E-state index in [2.05, 4.69) is 15.4 Å². The molecule has 0 unspecified atom stereocenters. The number of rotatable bonds is 1. The van der Waals surface area contributed by atoms with Gasteiger partial charge in [-0.25, -0.2) is 0 Å². The minimum absolute atomic E-state index is 0.262. The molecule has 50 valence electrons. The summed E-state index contributed by atoms with van der Waals surface area (Å²) in [5.41, 5.74) is 0.262. The summed E-state index contributed by atoms with van der Waals surface area (Å²) >= 11 is 0.728. The van der Waals surface area contributed by atoms with Crippen LogP contribution < -0.4 is 5.44 Å². The zero-order chi connectivity index (χ0) is 6.91. The summed E-state index contributed by atoms with van der Waals surface area (Å²) in [6.07, 6.45) is 1.32. The molecular weight excluding hydrogens is 313 g/mol. The number of nitrogens with one attached hydrogen (secondary N) is 1. The van der Waals surface area contributed by atoms with Crippen LogP contribution in [0.4, 0.5) is 0 Å². The van der Waals surface area contributed by atoms with Crippen molar-refractivity contribution in [2.45, 2.75) is 0 Å². The van der Waals surface area contributed by atoms with E-state index in [1.165, 1.54) is 6.20 Å². The Labute approximate surface area is 61.4 Å². The molecule has 0 bridgehead atoms. The van der Waals surface area contributed by atoms with E-state index in [9.17, 15) is 0 Å². The first-order chi connectivity index (χ1) is 4.11. The van der Waals surface area contributed by atoms with Gasteiger partial charge in [-0.05, 0) is 0 Å². The van der Waals surface area contributed by atoms with Gasteiger partial charge in [0.25, 0.3) is 0 Å². The number of aromatic nitrogens is 3. The third-order valence-corrected chi connectivity index (χ3v) is 3.53. The Balaban J connectivity index is 3.04. The van der Waals surface area contributed by atoms with Gasteiger partial charge in [0.05, 0.1) is 0 Å². The second-order valence-corrected chi connectivity index (χ2v) is 8.41. The summed E-state index contributed by atoms with van der Waals surface area (Å²) in [6, 6.07) is 0. The zero-order valence-corrected chi connectivity index (χ0v) is 8.05. The van der Waals surface area contributed by atoms with Crippen LogP contribution in [0.25, 0.3) is 0 Å². The van der Waals surface area contributed by atoms with E-state index >= 15 is 0 Å². The van der Waals surface area contributed by atoms with Crippen LogP contribution in [-0.2, 0) is 18.8 Å². The van der Waals surface area contributed by atoms with Crippen molar-refractivity contribution in [3.05, 3.63) is 6.20 Å². The predicted molar refractivity (Wildman–Crippen MR) is 27.4 cm³/mol. The minimum atomic E-state index is -2.84. The molecule has 5 nitrogen and oxygen atoms in total. The topological polar surface area (TPSA) is 82.0 Å². The monoisotopic (exact) mass is 317 g/mol.